The first kappa shape index (κ1) is 22.7. The van der Waals surface area contributed by atoms with Gasteiger partial charge < -0.3 is 10.4 Å². The molecule has 3 aromatic heterocycles. The number of anilines is 2. The van der Waals surface area contributed by atoms with Crippen molar-refractivity contribution in [3.05, 3.63) is 113 Å². The maximum atomic E-state index is 11.1. The average Bonchev–Trinajstić information content (AvgIpc) is 3.28. The van der Waals surface area contributed by atoms with Crippen LogP contribution in [0.4, 0.5) is 11.5 Å². The molecule has 0 saturated heterocycles. The number of benzene rings is 2. The molecule has 1 aliphatic rings. The number of aromatic hydroxyl groups is 1. The Hall–Kier alpha value is -4.74. The summed E-state index contributed by atoms with van der Waals surface area (Å²) >= 11 is 0. The molecule has 0 aliphatic carbocycles. The Balaban J connectivity index is 1.25. The standard InChI is InChI=1S/C29H25N7O/c30-17-24-27(32-23-8-6-20(7-9-23)16-21-10-13-31-14-11-21)34-36-28(24)33-26-12-15-35(19-25(26)29(36)37)18-22-4-2-1-3-5-22/h1-11,13-14,37H,12,15-16,18-19H2,(H,32,34). The van der Waals surface area contributed by atoms with E-state index in [4.69, 9.17) is 4.98 Å². The molecule has 0 unspecified atom stereocenters. The fourth-order valence-electron chi connectivity index (χ4n) is 4.79. The smallest absolute Gasteiger partial charge is 0.220 e. The topological polar surface area (TPSA) is 102 Å². The summed E-state index contributed by atoms with van der Waals surface area (Å²) in [5.41, 5.74) is 6.64. The molecule has 0 spiro atoms. The fourth-order valence-corrected chi connectivity index (χ4v) is 4.79. The highest BCUT2D eigenvalue weighted by Crippen LogP contribution is 2.32. The number of hydrogen-bond donors (Lipinski definition) is 2. The lowest BCUT2D eigenvalue weighted by Crippen LogP contribution is -2.31. The molecule has 0 amide bonds. The van der Waals surface area contributed by atoms with Crippen LogP contribution in [0, 0.1) is 11.3 Å². The van der Waals surface area contributed by atoms with Crippen LogP contribution >= 0.6 is 0 Å². The minimum Gasteiger partial charge on any atom is -0.493 e. The van der Waals surface area contributed by atoms with E-state index in [1.807, 2.05) is 54.6 Å². The molecule has 0 atom stereocenters. The Kier molecular flexibility index (Phi) is 5.97. The highest BCUT2D eigenvalue weighted by Gasteiger charge is 2.26. The molecule has 0 saturated carbocycles. The number of nitrogens with one attached hydrogen (secondary N) is 1. The van der Waals surface area contributed by atoms with Crippen molar-refractivity contribution in [2.75, 3.05) is 11.9 Å². The molecule has 0 bridgehead atoms. The van der Waals surface area contributed by atoms with Crippen LogP contribution in [0.2, 0.25) is 0 Å². The Labute approximate surface area is 214 Å². The van der Waals surface area contributed by atoms with Crippen molar-refractivity contribution >= 4 is 17.2 Å². The zero-order chi connectivity index (χ0) is 25.2. The fraction of sp³-hybridized carbons (Fsp3) is 0.172. The second-order valence-corrected chi connectivity index (χ2v) is 9.23. The number of pyridine rings is 1. The van der Waals surface area contributed by atoms with Gasteiger partial charge in [-0.05, 0) is 47.4 Å². The van der Waals surface area contributed by atoms with Crippen LogP contribution in [-0.4, -0.2) is 36.1 Å². The average molecular weight is 488 g/mol. The SMILES string of the molecule is N#Cc1c(Nc2ccc(Cc3ccncc3)cc2)nn2c(O)c3c(nc12)CCN(Cc1ccccc1)C3. The molecule has 182 valence electrons. The molecule has 1 aliphatic heterocycles. The van der Waals surface area contributed by atoms with Crippen molar-refractivity contribution < 1.29 is 5.11 Å². The Morgan fingerprint density at radius 3 is 2.46 bits per heavy atom. The van der Waals surface area contributed by atoms with Crippen molar-refractivity contribution in [2.45, 2.75) is 25.9 Å². The van der Waals surface area contributed by atoms with Gasteiger partial charge in [-0.3, -0.25) is 9.88 Å². The summed E-state index contributed by atoms with van der Waals surface area (Å²) in [4.78, 5) is 11.1. The molecule has 8 heteroatoms. The van der Waals surface area contributed by atoms with E-state index in [2.05, 4.69) is 38.5 Å². The second-order valence-electron chi connectivity index (χ2n) is 9.23. The zero-order valence-electron chi connectivity index (χ0n) is 20.2. The van der Waals surface area contributed by atoms with Crippen LogP contribution < -0.4 is 5.32 Å². The number of fused-ring (bicyclic) bond motifs is 2. The van der Waals surface area contributed by atoms with Crippen molar-refractivity contribution in [3.8, 4) is 11.9 Å². The van der Waals surface area contributed by atoms with Crippen LogP contribution in [0.3, 0.4) is 0 Å². The highest BCUT2D eigenvalue weighted by atomic mass is 16.3. The number of rotatable bonds is 6. The van der Waals surface area contributed by atoms with E-state index < -0.39 is 0 Å². The zero-order valence-corrected chi connectivity index (χ0v) is 20.2. The Morgan fingerprint density at radius 1 is 0.946 bits per heavy atom. The number of nitrogens with zero attached hydrogens (tertiary/aromatic N) is 6. The molecule has 37 heavy (non-hydrogen) atoms. The van der Waals surface area contributed by atoms with Crippen LogP contribution in [0.25, 0.3) is 5.65 Å². The quantitative estimate of drug-likeness (QED) is 0.361. The third-order valence-electron chi connectivity index (χ3n) is 6.70. The van der Waals surface area contributed by atoms with Gasteiger partial charge in [0.15, 0.2) is 11.5 Å². The maximum absolute atomic E-state index is 11.1. The van der Waals surface area contributed by atoms with Gasteiger partial charge in [0, 0.05) is 49.7 Å². The molecule has 0 fully saturated rings. The van der Waals surface area contributed by atoms with Crippen molar-refractivity contribution in [1.29, 1.82) is 5.26 Å². The monoisotopic (exact) mass is 487 g/mol. The summed E-state index contributed by atoms with van der Waals surface area (Å²) < 4.78 is 1.38. The summed E-state index contributed by atoms with van der Waals surface area (Å²) in [6.07, 6.45) is 5.09. The lowest BCUT2D eigenvalue weighted by molar-refractivity contribution is 0.236. The van der Waals surface area contributed by atoms with Gasteiger partial charge in [0.2, 0.25) is 5.88 Å². The predicted molar refractivity (Wildman–Crippen MR) is 140 cm³/mol. The third-order valence-corrected chi connectivity index (χ3v) is 6.70. The van der Waals surface area contributed by atoms with Gasteiger partial charge >= 0.3 is 0 Å². The van der Waals surface area contributed by atoms with Crippen molar-refractivity contribution in [3.63, 3.8) is 0 Å². The van der Waals surface area contributed by atoms with E-state index in [-0.39, 0.29) is 5.88 Å². The normalized spacial score (nSPS) is 13.3. The van der Waals surface area contributed by atoms with E-state index >= 15 is 0 Å². The van der Waals surface area contributed by atoms with Gasteiger partial charge in [0.25, 0.3) is 0 Å². The summed E-state index contributed by atoms with van der Waals surface area (Å²) in [7, 11) is 0. The summed E-state index contributed by atoms with van der Waals surface area (Å²) in [5, 5.41) is 28.8. The number of nitriles is 1. The first-order valence-electron chi connectivity index (χ1n) is 12.2. The van der Waals surface area contributed by atoms with Crippen LogP contribution in [0.15, 0.2) is 79.1 Å². The van der Waals surface area contributed by atoms with E-state index in [1.54, 1.807) is 12.4 Å². The van der Waals surface area contributed by atoms with Gasteiger partial charge in [-0.1, -0.05) is 42.5 Å². The number of aromatic nitrogens is 4. The van der Waals surface area contributed by atoms with E-state index in [1.165, 1.54) is 21.2 Å². The Bertz CT molecular complexity index is 1590. The summed E-state index contributed by atoms with van der Waals surface area (Å²) in [5.74, 6) is 0.408. The highest BCUT2D eigenvalue weighted by molar-refractivity contribution is 5.73. The van der Waals surface area contributed by atoms with Crippen LogP contribution in [0.1, 0.15) is 33.5 Å². The third kappa shape index (κ3) is 4.60. The van der Waals surface area contributed by atoms with Crippen molar-refractivity contribution in [1.82, 2.24) is 24.5 Å². The molecular weight excluding hydrogens is 462 g/mol. The molecule has 6 rings (SSSR count). The van der Waals surface area contributed by atoms with E-state index in [0.717, 1.165) is 36.5 Å². The van der Waals surface area contributed by atoms with Gasteiger partial charge in [-0.15, -0.1) is 5.10 Å². The largest absolute Gasteiger partial charge is 0.493 e. The van der Waals surface area contributed by atoms with Gasteiger partial charge in [0.1, 0.15) is 11.6 Å². The minimum absolute atomic E-state index is 0.0370. The van der Waals surface area contributed by atoms with Crippen LogP contribution in [0.5, 0.6) is 5.88 Å². The Morgan fingerprint density at radius 2 is 1.70 bits per heavy atom. The predicted octanol–water partition coefficient (Wildman–Crippen LogP) is 4.59. The lowest BCUT2D eigenvalue weighted by Gasteiger charge is -2.28. The molecule has 2 N–H and O–H groups in total. The second kappa shape index (κ2) is 9.72. The summed E-state index contributed by atoms with van der Waals surface area (Å²) in [6, 6.07) is 24.5. The lowest BCUT2D eigenvalue weighted by atomic mass is 10.1. The first-order valence-corrected chi connectivity index (χ1v) is 12.2. The van der Waals surface area contributed by atoms with Crippen LogP contribution in [-0.2, 0) is 25.9 Å². The first-order chi connectivity index (χ1) is 18.2. The minimum atomic E-state index is 0.0370. The van der Waals surface area contributed by atoms with E-state index in [0.29, 0.717) is 30.0 Å². The summed E-state index contributed by atoms with van der Waals surface area (Å²) in [6.45, 7) is 2.20. The van der Waals surface area contributed by atoms with Crippen molar-refractivity contribution in [2.24, 2.45) is 0 Å². The molecule has 8 nitrogen and oxygen atoms in total. The molecule has 0 radical (unpaired) electrons. The molecule has 4 heterocycles. The maximum Gasteiger partial charge on any atom is 0.220 e. The van der Waals surface area contributed by atoms with Gasteiger partial charge in [-0.25, -0.2) is 4.98 Å². The van der Waals surface area contributed by atoms with Gasteiger partial charge in [0.05, 0.1) is 5.69 Å². The van der Waals surface area contributed by atoms with Gasteiger partial charge in [-0.2, -0.15) is 9.78 Å². The number of hydrogen-bond acceptors (Lipinski definition) is 7. The van der Waals surface area contributed by atoms with E-state index in [9.17, 15) is 10.4 Å². The molecular formula is C29H25N7O. The molecule has 5 aromatic rings. The molecule has 2 aromatic carbocycles.